The number of likely N-dealkylation sites (tertiary alicyclic amines) is 1. The molecular weight excluding hydrogens is 310 g/mol. The van der Waals surface area contributed by atoms with Crippen LogP contribution in [0.4, 0.5) is 10.5 Å². The van der Waals surface area contributed by atoms with Crippen LogP contribution in [-0.2, 0) is 9.63 Å². The van der Waals surface area contributed by atoms with Gasteiger partial charge in [-0.2, -0.15) is 0 Å². The number of amides is 3. The smallest absolute Gasteiger partial charge is 0.321 e. The van der Waals surface area contributed by atoms with E-state index in [0.29, 0.717) is 50.3 Å². The van der Waals surface area contributed by atoms with E-state index in [4.69, 9.17) is 9.57 Å². The first-order chi connectivity index (χ1) is 11.5. The van der Waals surface area contributed by atoms with Gasteiger partial charge in [-0.1, -0.05) is 6.07 Å². The molecule has 1 aromatic carbocycles. The highest BCUT2D eigenvalue weighted by Gasteiger charge is 2.46. The molecule has 0 aromatic heterocycles. The van der Waals surface area contributed by atoms with Gasteiger partial charge in [0.15, 0.2) is 0 Å². The number of carbonyl (C=O) groups is 2. The molecule has 130 valence electrons. The van der Waals surface area contributed by atoms with Gasteiger partial charge in [0, 0.05) is 31.4 Å². The number of nitrogens with zero attached hydrogens (tertiary/aromatic N) is 2. The average Bonchev–Trinajstić information content (AvgIpc) is 2.91. The molecule has 2 saturated heterocycles. The third-order valence-corrected chi connectivity index (χ3v) is 4.63. The number of nitrogens with one attached hydrogen (secondary N) is 1. The fraction of sp³-hybridized carbons (Fsp3) is 0.529. The maximum absolute atomic E-state index is 12.4. The van der Waals surface area contributed by atoms with Crippen molar-refractivity contribution in [3.05, 3.63) is 24.3 Å². The molecule has 1 spiro atoms. The van der Waals surface area contributed by atoms with E-state index in [9.17, 15) is 9.59 Å². The standard InChI is InChI=1S/C17H23N3O4/c1-3-20-15(21)12-17(24-20)7-9-19(10-8-17)16(22)18-13-5-4-6-14(11-13)23-2/h4-6,11H,3,7-10,12H2,1-2H3,(H,18,22). The number of benzene rings is 1. The number of urea groups is 1. The summed E-state index contributed by atoms with van der Waals surface area (Å²) in [5, 5.41) is 4.32. The lowest BCUT2D eigenvalue weighted by atomic mass is 9.89. The molecular formula is C17H23N3O4. The molecule has 2 aliphatic rings. The zero-order valence-electron chi connectivity index (χ0n) is 14.1. The second-order valence-corrected chi connectivity index (χ2v) is 6.19. The zero-order chi connectivity index (χ0) is 17.2. The van der Waals surface area contributed by atoms with E-state index in [1.54, 1.807) is 18.1 Å². The van der Waals surface area contributed by atoms with Crippen LogP contribution in [0.15, 0.2) is 24.3 Å². The molecule has 0 unspecified atom stereocenters. The Morgan fingerprint density at radius 2 is 2.12 bits per heavy atom. The predicted molar refractivity (Wildman–Crippen MR) is 88.6 cm³/mol. The first-order valence-corrected chi connectivity index (χ1v) is 8.25. The Kier molecular flexibility index (Phi) is 4.62. The molecule has 0 saturated carbocycles. The van der Waals surface area contributed by atoms with Crippen LogP contribution in [0.3, 0.4) is 0 Å². The summed E-state index contributed by atoms with van der Waals surface area (Å²) in [6, 6.07) is 7.12. The van der Waals surface area contributed by atoms with Gasteiger partial charge in [-0.25, -0.2) is 9.86 Å². The number of hydrogen-bond donors (Lipinski definition) is 1. The number of hydroxylamine groups is 2. The second kappa shape index (κ2) is 6.68. The second-order valence-electron chi connectivity index (χ2n) is 6.19. The summed E-state index contributed by atoms with van der Waals surface area (Å²) in [4.78, 5) is 31.9. The van der Waals surface area contributed by atoms with E-state index in [0.717, 1.165) is 0 Å². The maximum Gasteiger partial charge on any atom is 0.321 e. The Morgan fingerprint density at radius 1 is 1.38 bits per heavy atom. The highest BCUT2D eigenvalue weighted by Crippen LogP contribution is 2.36. The summed E-state index contributed by atoms with van der Waals surface area (Å²) in [5.41, 5.74) is 0.268. The third-order valence-electron chi connectivity index (χ3n) is 4.63. The van der Waals surface area contributed by atoms with Crippen LogP contribution in [0.2, 0.25) is 0 Å². The topological polar surface area (TPSA) is 71.1 Å². The number of carbonyl (C=O) groups excluding carboxylic acids is 2. The SMILES string of the molecule is CCN1OC2(CCN(C(=O)Nc3cccc(OC)c3)CC2)CC1=O. The van der Waals surface area contributed by atoms with E-state index in [2.05, 4.69) is 5.32 Å². The molecule has 2 heterocycles. The average molecular weight is 333 g/mol. The number of rotatable bonds is 3. The van der Waals surface area contributed by atoms with Crippen LogP contribution >= 0.6 is 0 Å². The minimum atomic E-state index is -0.431. The Labute approximate surface area is 141 Å². The minimum Gasteiger partial charge on any atom is -0.497 e. The van der Waals surface area contributed by atoms with Crippen LogP contribution in [0.5, 0.6) is 5.75 Å². The van der Waals surface area contributed by atoms with Gasteiger partial charge in [-0.3, -0.25) is 9.63 Å². The summed E-state index contributed by atoms with van der Waals surface area (Å²) in [5.74, 6) is 0.731. The Bertz CT molecular complexity index is 626. The number of anilines is 1. The van der Waals surface area contributed by atoms with Gasteiger partial charge in [-0.15, -0.1) is 0 Å². The minimum absolute atomic E-state index is 0.0341. The van der Waals surface area contributed by atoms with Gasteiger partial charge in [0.2, 0.25) is 5.91 Å². The number of methoxy groups -OCH3 is 1. The summed E-state index contributed by atoms with van der Waals surface area (Å²) < 4.78 is 5.16. The van der Waals surface area contributed by atoms with E-state index in [1.807, 2.05) is 25.1 Å². The lowest BCUT2D eigenvalue weighted by Gasteiger charge is -2.37. The zero-order valence-corrected chi connectivity index (χ0v) is 14.1. The van der Waals surface area contributed by atoms with Crippen molar-refractivity contribution in [2.75, 3.05) is 32.1 Å². The first-order valence-electron chi connectivity index (χ1n) is 8.25. The van der Waals surface area contributed by atoms with E-state index in [1.165, 1.54) is 5.06 Å². The monoisotopic (exact) mass is 333 g/mol. The largest absolute Gasteiger partial charge is 0.497 e. The van der Waals surface area contributed by atoms with Gasteiger partial charge < -0.3 is 15.0 Å². The van der Waals surface area contributed by atoms with Crippen LogP contribution in [0, 0.1) is 0 Å². The van der Waals surface area contributed by atoms with E-state index < -0.39 is 5.60 Å². The third kappa shape index (κ3) is 3.31. The van der Waals surface area contributed by atoms with Crippen LogP contribution in [-0.4, -0.2) is 54.2 Å². The van der Waals surface area contributed by atoms with Crippen molar-refractivity contribution in [2.24, 2.45) is 0 Å². The number of hydrogen-bond acceptors (Lipinski definition) is 4. The van der Waals surface area contributed by atoms with Gasteiger partial charge in [0.05, 0.1) is 13.5 Å². The van der Waals surface area contributed by atoms with Crippen molar-refractivity contribution in [2.45, 2.75) is 31.8 Å². The fourth-order valence-corrected chi connectivity index (χ4v) is 3.21. The first kappa shape index (κ1) is 16.6. The van der Waals surface area contributed by atoms with Gasteiger partial charge in [-0.05, 0) is 31.9 Å². The van der Waals surface area contributed by atoms with Crippen molar-refractivity contribution >= 4 is 17.6 Å². The normalized spacial score (nSPS) is 19.7. The van der Waals surface area contributed by atoms with Crippen molar-refractivity contribution < 1.29 is 19.2 Å². The molecule has 0 radical (unpaired) electrons. The summed E-state index contributed by atoms with van der Waals surface area (Å²) in [6.07, 6.45) is 1.74. The fourth-order valence-electron chi connectivity index (χ4n) is 3.21. The lowest BCUT2D eigenvalue weighted by Crippen LogP contribution is -2.48. The molecule has 7 nitrogen and oxygen atoms in total. The van der Waals surface area contributed by atoms with Crippen molar-refractivity contribution in [1.29, 1.82) is 0 Å². The highest BCUT2D eigenvalue weighted by atomic mass is 16.7. The Balaban J connectivity index is 1.56. The molecule has 1 aromatic rings. The maximum atomic E-state index is 12.4. The molecule has 7 heteroatoms. The number of ether oxygens (including phenoxy) is 1. The molecule has 2 aliphatic heterocycles. The molecule has 0 atom stereocenters. The van der Waals surface area contributed by atoms with Crippen molar-refractivity contribution in [1.82, 2.24) is 9.96 Å². The van der Waals surface area contributed by atoms with Gasteiger partial charge in [0.1, 0.15) is 11.4 Å². The van der Waals surface area contributed by atoms with E-state index in [-0.39, 0.29) is 11.9 Å². The van der Waals surface area contributed by atoms with Gasteiger partial charge in [0.25, 0.3) is 0 Å². The molecule has 1 N–H and O–H groups in total. The molecule has 3 rings (SSSR count). The molecule has 24 heavy (non-hydrogen) atoms. The molecule has 2 fully saturated rings. The Hall–Kier alpha value is -2.28. The van der Waals surface area contributed by atoms with Crippen molar-refractivity contribution in [3.63, 3.8) is 0 Å². The summed E-state index contributed by atoms with van der Waals surface area (Å²) >= 11 is 0. The van der Waals surface area contributed by atoms with Gasteiger partial charge >= 0.3 is 6.03 Å². The van der Waals surface area contributed by atoms with Crippen LogP contribution in [0.1, 0.15) is 26.2 Å². The summed E-state index contributed by atoms with van der Waals surface area (Å²) in [7, 11) is 1.59. The van der Waals surface area contributed by atoms with Crippen LogP contribution < -0.4 is 10.1 Å². The van der Waals surface area contributed by atoms with E-state index >= 15 is 0 Å². The highest BCUT2D eigenvalue weighted by molar-refractivity contribution is 5.89. The predicted octanol–water partition coefficient (Wildman–Crippen LogP) is 2.25. The van der Waals surface area contributed by atoms with Crippen LogP contribution in [0.25, 0.3) is 0 Å². The van der Waals surface area contributed by atoms with Crippen molar-refractivity contribution in [3.8, 4) is 5.75 Å². The quantitative estimate of drug-likeness (QED) is 0.921. The molecule has 3 amide bonds. The Morgan fingerprint density at radius 3 is 2.75 bits per heavy atom. The molecule has 0 aliphatic carbocycles. The lowest BCUT2D eigenvalue weighted by molar-refractivity contribution is -0.206. The number of piperidine rings is 1. The summed E-state index contributed by atoms with van der Waals surface area (Å²) in [6.45, 7) is 3.59. The molecule has 0 bridgehead atoms.